The zero-order valence-electron chi connectivity index (χ0n) is 24.1. The van der Waals surface area contributed by atoms with Gasteiger partial charge in [0.15, 0.2) is 12.2 Å². The number of aliphatic hydroxyl groups is 10. The molecule has 0 spiro atoms. The summed E-state index contributed by atoms with van der Waals surface area (Å²) in [6.07, 6.45) is -4.38. The normalized spacial score (nSPS) is 17.8. The van der Waals surface area contributed by atoms with Crippen molar-refractivity contribution in [2.45, 2.75) is 126 Å². The van der Waals surface area contributed by atoms with Crippen molar-refractivity contribution in [3.05, 3.63) is 0 Å². The molecule has 0 fully saturated rings. The van der Waals surface area contributed by atoms with E-state index in [2.05, 4.69) is 17.6 Å². The molecule has 0 heterocycles. The van der Waals surface area contributed by atoms with Gasteiger partial charge in [-0.1, -0.05) is 71.1 Å². The number of carbonyl (C=O) groups excluding carboxylic acids is 2. The molecule has 244 valence electrons. The molecule has 2 amide bonds. The van der Waals surface area contributed by atoms with Crippen molar-refractivity contribution >= 4 is 11.8 Å². The number of aliphatic hydroxyl groups excluding tert-OH is 10. The fourth-order valence-electron chi connectivity index (χ4n) is 4.25. The first-order valence-corrected chi connectivity index (χ1v) is 14.6. The molecule has 8 atom stereocenters. The fraction of sp³-hybridized carbons (Fsp3) is 0.926. The third kappa shape index (κ3) is 16.1. The summed E-state index contributed by atoms with van der Waals surface area (Å²) < 4.78 is 0. The van der Waals surface area contributed by atoms with Gasteiger partial charge in [-0.2, -0.15) is 0 Å². The Kier molecular flexibility index (Phi) is 22.2. The Morgan fingerprint density at radius 2 is 0.878 bits per heavy atom. The van der Waals surface area contributed by atoms with Crippen LogP contribution in [0.5, 0.6) is 0 Å². The van der Waals surface area contributed by atoms with E-state index in [9.17, 15) is 50.4 Å². The van der Waals surface area contributed by atoms with Crippen LogP contribution in [0.1, 0.15) is 77.6 Å². The number of carbonyl (C=O) groups is 2. The highest BCUT2D eigenvalue weighted by molar-refractivity contribution is 5.81. The zero-order chi connectivity index (χ0) is 31.4. The van der Waals surface area contributed by atoms with E-state index in [-0.39, 0.29) is 13.1 Å². The van der Waals surface area contributed by atoms with Crippen LogP contribution in [-0.4, -0.2) is 138 Å². The molecule has 0 bridgehead atoms. The van der Waals surface area contributed by atoms with Crippen molar-refractivity contribution in [2.75, 3.05) is 26.3 Å². The Bertz CT molecular complexity index is 645. The van der Waals surface area contributed by atoms with Crippen LogP contribution in [0.2, 0.25) is 0 Å². The van der Waals surface area contributed by atoms with Crippen LogP contribution in [0.3, 0.4) is 0 Å². The highest BCUT2D eigenvalue weighted by atomic mass is 16.4. The molecule has 0 unspecified atom stereocenters. The maximum atomic E-state index is 12.3. The van der Waals surface area contributed by atoms with Gasteiger partial charge in [-0.15, -0.1) is 0 Å². The quantitative estimate of drug-likeness (QED) is 0.0470. The molecular weight excluding hydrogens is 544 g/mol. The van der Waals surface area contributed by atoms with Gasteiger partial charge >= 0.3 is 0 Å². The average Bonchev–Trinajstić information content (AvgIpc) is 2.99. The lowest BCUT2D eigenvalue weighted by Crippen LogP contribution is -2.53. The summed E-state index contributed by atoms with van der Waals surface area (Å²) in [6.45, 7) is 0.214. The van der Waals surface area contributed by atoms with E-state index < -0.39 is 79.8 Å². The molecule has 0 aliphatic carbocycles. The second-order valence-corrected chi connectivity index (χ2v) is 10.7. The van der Waals surface area contributed by atoms with Gasteiger partial charge in [0.25, 0.3) is 11.8 Å². The molecule has 0 saturated heterocycles. The molecule has 0 aromatic heterocycles. The van der Waals surface area contributed by atoms with E-state index >= 15 is 0 Å². The Morgan fingerprint density at radius 1 is 0.537 bits per heavy atom. The average molecular weight is 599 g/mol. The molecule has 12 N–H and O–H groups in total. The lowest BCUT2D eigenvalue weighted by Gasteiger charge is -2.27. The summed E-state index contributed by atoms with van der Waals surface area (Å²) >= 11 is 0. The topological polar surface area (TPSA) is 260 Å². The number of hydrogen-bond acceptors (Lipinski definition) is 12. The van der Waals surface area contributed by atoms with E-state index in [1.54, 1.807) is 0 Å². The Balaban J connectivity index is 4.95. The van der Waals surface area contributed by atoms with Gasteiger partial charge < -0.3 is 61.7 Å². The summed E-state index contributed by atoms with van der Waals surface area (Å²) in [6, 6.07) is 0. The van der Waals surface area contributed by atoms with Gasteiger partial charge in [-0.05, 0) is 12.3 Å². The van der Waals surface area contributed by atoms with Crippen molar-refractivity contribution < 1.29 is 60.7 Å². The van der Waals surface area contributed by atoms with Crippen molar-refractivity contribution in [1.82, 2.24) is 10.6 Å². The minimum Gasteiger partial charge on any atom is -0.394 e. The second kappa shape index (κ2) is 23.1. The SMILES string of the molecule is CCCCCCCCCCCCC(CNC(=O)[C@H](O)[C@@H](O)[C@H](O)[C@H](O)CO)CNC(=O)[C@H](O)[C@@H](O)[C@H](O)[C@H](O)CO. The van der Waals surface area contributed by atoms with Crippen LogP contribution < -0.4 is 10.6 Å². The maximum absolute atomic E-state index is 12.3. The van der Waals surface area contributed by atoms with Crippen LogP contribution in [0.15, 0.2) is 0 Å². The Hall–Kier alpha value is -1.46. The summed E-state index contributed by atoms with van der Waals surface area (Å²) in [7, 11) is 0. The van der Waals surface area contributed by atoms with Crippen LogP contribution in [0.25, 0.3) is 0 Å². The molecule has 14 heteroatoms. The minimum atomic E-state index is -2.12. The van der Waals surface area contributed by atoms with Crippen molar-refractivity contribution in [3.8, 4) is 0 Å². The first-order chi connectivity index (χ1) is 19.4. The van der Waals surface area contributed by atoms with Crippen LogP contribution in [0.4, 0.5) is 0 Å². The van der Waals surface area contributed by atoms with E-state index in [1.807, 2.05) is 0 Å². The molecule has 0 saturated carbocycles. The first kappa shape index (κ1) is 39.5. The van der Waals surface area contributed by atoms with Gasteiger partial charge in [0.1, 0.15) is 36.6 Å². The molecular formula is C27H54N2O12. The largest absolute Gasteiger partial charge is 0.394 e. The molecule has 41 heavy (non-hydrogen) atoms. The van der Waals surface area contributed by atoms with E-state index in [0.29, 0.717) is 6.42 Å². The summed E-state index contributed by atoms with van der Waals surface area (Å²) in [4.78, 5) is 24.7. The zero-order valence-corrected chi connectivity index (χ0v) is 24.1. The van der Waals surface area contributed by atoms with E-state index in [4.69, 9.17) is 10.2 Å². The predicted octanol–water partition coefficient (Wildman–Crippen LogP) is -2.98. The molecule has 0 rings (SSSR count). The third-order valence-electron chi connectivity index (χ3n) is 7.14. The number of unbranched alkanes of at least 4 members (excludes halogenated alkanes) is 9. The number of nitrogens with one attached hydrogen (secondary N) is 2. The molecule has 0 aliphatic rings. The number of amides is 2. The maximum Gasteiger partial charge on any atom is 0.251 e. The fourth-order valence-corrected chi connectivity index (χ4v) is 4.25. The number of rotatable bonds is 25. The van der Waals surface area contributed by atoms with Crippen LogP contribution in [0, 0.1) is 5.92 Å². The minimum absolute atomic E-state index is 0.0799. The first-order valence-electron chi connectivity index (χ1n) is 14.6. The molecule has 0 aromatic carbocycles. The smallest absolute Gasteiger partial charge is 0.251 e. The highest BCUT2D eigenvalue weighted by Crippen LogP contribution is 2.15. The van der Waals surface area contributed by atoms with Crippen LogP contribution in [-0.2, 0) is 9.59 Å². The van der Waals surface area contributed by atoms with Crippen LogP contribution >= 0.6 is 0 Å². The van der Waals surface area contributed by atoms with Gasteiger partial charge in [0.2, 0.25) is 0 Å². The lowest BCUT2D eigenvalue weighted by molar-refractivity contribution is -0.149. The van der Waals surface area contributed by atoms with Crippen molar-refractivity contribution in [2.24, 2.45) is 5.92 Å². The van der Waals surface area contributed by atoms with Gasteiger partial charge in [-0.25, -0.2) is 0 Å². The Labute approximate surface area is 242 Å². The van der Waals surface area contributed by atoms with Gasteiger partial charge in [0, 0.05) is 13.1 Å². The van der Waals surface area contributed by atoms with Crippen molar-refractivity contribution in [3.63, 3.8) is 0 Å². The van der Waals surface area contributed by atoms with Gasteiger partial charge in [0.05, 0.1) is 13.2 Å². The monoisotopic (exact) mass is 598 g/mol. The predicted molar refractivity (Wildman–Crippen MR) is 148 cm³/mol. The standard InChI is InChI=1S/C27H54N2O12/c1-2-3-4-5-6-7-8-9-10-11-12-17(13-28-26(40)24(38)22(36)20(34)18(32)15-30)14-29-27(41)25(39)23(37)21(35)19(33)16-31/h17-25,30-39H,2-16H2,1H3,(H,28,40)(H,29,41)/t18-,19-,20-,21-,22+,23+,24-,25-/m1/s1. The lowest BCUT2D eigenvalue weighted by atomic mass is 9.98. The number of hydrogen-bond donors (Lipinski definition) is 12. The highest BCUT2D eigenvalue weighted by Gasteiger charge is 2.35. The molecule has 14 nitrogen and oxygen atoms in total. The van der Waals surface area contributed by atoms with E-state index in [1.165, 1.54) is 32.1 Å². The Morgan fingerprint density at radius 3 is 1.22 bits per heavy atom. The summed E-state index contributed by atoms with van der Waals surface area (Å²) in [5.74, 6) is -2.53. The summed E-state index contributed by atoms with van der Waals surface area (Å²) in [5.41, 5.74) is 0. The molecule has 0 aromatic rings. The van der Waals surface area contributed by atoms with E-state index in [0.717, 1.165) is 32.1 Å². The van der Waals surface area contributed by atoms with Gasteiger partial charge in [-0.3, -0.25) is 9.59 Å². The summed E-state index contributed by atoms with van der Waals surface area (Å²) in [5, 5.41) is 101. The third-order valence-corrected chi connectivity index (χ3v) is 7.14. The molecule has 0 aliphatic heterocycles. The van der Waals surface area contributed by atoms with Crippen molar-refractivity contribution in [1.29, 1.82) is 0 Å². The molecule has 0 radical (unpaired) electrons. The second-order valence-electron chi connectivity index (χ2n) is 10.7.